The summed E-state index contributed by atoms with van der Waals surface area (Å²) in [6, 6.07) is 4.57. The molecule has 0 aromatic carbocycles. The van der Waals surface area contributed by atoms with Crippen LogP contribution in [0.2, 0.25) is 0 Å². The molecule has 19 heavy (non-hydrogen) atoms. The zero-order valence-electron chi connectivity index (χ0n) is 11.2. The van der Waals surface area contributed by atoms with E-state index in [1.54, 1.807) is 0 Å². The van der Waals surface area contributed by atoms with E-state index < -0.39 is 0 Å². The van der Waals surface area contributed by atoms with Gasteiger partial charge >= 0.3 is 0 Å². The highest BCUT2D eigenvalue weighted by atomic mass is 19.1. The van der Waals surface area contributed by atoms with Crippen LogP contribution in [-0.2, 0) is 0 Å². The van der Waals surface area contributed by atoms with E-state index in [4.69, 9.17) is 5.26 Å². The van der Waals surface area contributed by atoms with Gasteiger partial charge in [-0.2, -0.15) is 5.26 Å². The van der Waals surface area contributed by atoms with Gasteiger partial charge < -0.3 is 4.90 Å². The summed E-state index contributed by atoms with van der Waals surface area (Å²) in [5, 5.41) is 8.74. The largest absolute Gasteiger partial charge is 0.348 e. The van der Waals surface area contributed by atoms with E-state index in [9.17, 15) is 4.39 Å². The molecule has 5 heteroatoms. The molecule has 0 spiro atoms. The topological polar surface area (TPSA) is 43.2 Å². The Kier molecular flexibility index (Phi) is 2.90. The number of anilines is 1. The molecule has 2 fully saturated rings. The highest BCUT2D eigenvalue weighted by Crippen LogP contribution is 2.35. The number of piperazine rings is 1. The standard InChI is InChI=1S/C14H17FN4/c1-9(2)18-7-12-4-11(18)8-19(12)14-13(15)3-10(5-16)6-17-14/h3,6,9,11-12H,4,7-8H2,1-2H3. The van der Waals surface area contributed by atoms with Crippen molar-refractivity contribution < 1.29 is 4.39 Å². The van der Waals surface area contributed by atoms with Gasteiger partial charge in [-0.25, -0.2) is 9.37 Å². The normalized spacial score (nSPS) is 26.2. The number of nitriles is 1. The monoisotopic (exact) mass is 260 g/mol. The number of likely N-dealkylation sites (tertiary alicyclic amines) is 1. The van der Waals surface area contributed by atoms with Gasteiger partial charge in [-0.15, -0.1) is 0 Å². The number of nitrogens with zero attached hydrogens (tertiary/aromatic N) is 4. The molecular formula is C14H17FN4. The predicted molar refractivity (Wildman–Crippen MR) is 70.3 cm³/mol. The third-order valence-electron chi connectivity index (χ3n) is 4.17. The molecule has 4 nitrogen and oxygen atoms in total. The van der Waals surface area contributed by atoms with Crippen molar-refractivity contribution in [3.05, 3.63) is 23.6 Å². The number of fused-ring (bicyclic) bond motifs is 2. The molecule has 0 amide bonds. The predicted octanol–water partition coefficient (Wildman–Crippen LogP) is 1.76. The number of hydrogen-bond acceptors (Lipinski definition) is 4. The Hall–Kier alpha value is -1.67. The Labute approximate surface area is 112 Å². The molecule has 0 radical (unpaired) electrons. The summed E-state index contributed by atoms with van der Waals surface area (Å²) in [7, 11) is 0. The maximum absolute atomic E-state index is 14.0. The molecule has 2 unspecified atom stereocenters. The van der Waals surface area contributed by atoms with Crippen molar-refractivity contribution in [2.45, 2.75) is 38.4 Å². The first-order valence-electron chi connectivity index (χ1n) is 6.68. The number of pyridine rings is 1. The molecule has 0 N–H and O–H groups in total. The number of halogens is 1. The van der Waals surface area contributed by atoms with Crippen LogP contribution in [0, 0.1) is 17.1 Å². The SMILES string of the molecule is CC(C)N1CC2CC1CN2c1ncc(C#N)cc1F. The zero-order valence-corrected chi connectivity index (χ0v) is 11.2. The van der Waals surface area contributed by atoms with E-state index in [0.717, 1.165) is 19.5 Å². The first kappa shape index (κ1) is 12.4. The fourth-order valence-corrected chi connectivity index (χ4v) is 3.29. The van der Waals surface area contributed by atoms with Crippen molar-refractivity contribution in [2.75, 3.05) is 18.0 Å². The minimum absolute atomic E-state index is 0.273. The molecule has 0 aliphatic carbocycles. The molecule has 2 aliphatic rings. The van der Waals surface area contributed by atoms with Crippen LogP contribution in [0.3, 0.4) is 0 Å². The van der Waals surface area contributed by atoms with Crippen molar-refractivity contribution >= 4 is 5.82 Å². The van der Waals surface area contributed by atoms with Crippen molar-refractivity contribution in [3.8, 4) is 6.07 Å². The highest BCUT2D eigenvalue weighted by Gasteiger charge is 2.45. The van der Waals surface area contributed by atoms with Crippen molar-refractivity contribution in [3.63, 3.8) is 0 Å². The molecule has 2 aliphatic heterocycles. The second kappa shape index (κ2) is 4.46. The highest BCUT2D eigenvalue weighted by molar-refractivity contribution is 5.47. The lowest BCUT2D eigenvalue weighted by molar-refractivity contribution is 0.190. The number of hydrogen-bond donors (Lipinski definition) is 0. The number of aromatic nitrogens is 1. The van der Waals surface area contributed by atoms with Gasteiger partial charge in [-0.05, 0) is 26.3 Å². The Morgan fingerprint density at radius 3 is 2.74 bits per heavy atom. The molecule has 3 heterocycles. The van der Waals surface area contributed by atoms with Crippen LogP contribution in [0.5, 0.6) is 0 Å². The summed E-state index contributed by atoms with van der Waals surface area (Å²) >= 11 is 0. The lowest BCUT2D eigenvalue weighted by Gasteiger charge is -2.37. The lowest BCUT2D eigenvalue weighted by Crippen LogP contribution is -2.49. The van der Waals surface area contributed by atoms with Gasteiger partial charge in [0, 0.05) is 37.4 Å². The summed E-state index contributed by atoms with van der Waals surface area (Å²) in [6.45, 7) is 6.21. The Morgan fingerprint density at radius 2 is 2.21 bits per heavy atom. The second-order valence-electron chi connectivity index (χ2n) is 5.63. The van der Waals surface area contributed by atoms with Gasteiger partial charge in [-0.3, -0.25) is 4.90 Å². The molecule has 2 saturated heterocycles. The zero-order chi connectivity index (χ0) is 13.6. The van der Waals surface area contributed by atoms with Gasteiger partial charge in [0.05, 0.1) is 5.56 Å². The molecular weight excluding hydrogens is 243 g/mol. The van der Waals surface area contributed by atoms with Crippen LogP contribution < -0.4 is 4.90 Å². The molecule has 1 aromatic heterocycles. The fraction of sp³-hybridized carbons (Fsp3) is 0.571. The first-order valence-corrected chi connectivity index (χ1v) is 6.68. The summed E-state index contributed by atoms with van der Waals surface area (Å²) in [5.41, 5.74) is 0.273. The average molecular weight is 260 g/mol. The Balaban J connectivity index is 1.82. The maximum atomic E-state index is 14.0. The van der Waals surface area contributed by atoms with E-state index in [1.807, 2.05) is 6.07 Å². The first-order chi connectivity index (χ1) is 9.10. The molecule has 2 bridgehead atoms. The van der Waals surface area contributed by atoms with Gasteiger partial charge in [-0.1, -0.05) is 0 Å². The van der Waals surface area contributed by atoms with Crippen LogP contribution in [0.4, 0.5) is 10.2 Å². The fourth-order valence-electron chi connectivity index (χ4n) is 3.29. The van der Waals surface area contributed by atoms with Crippen LogP contribution in [0.25, 0.3) is 0 Å². The summed E-state index contributed by atoms with van der Waals surface area (Å²) < 4.78 is 14.0. The van der Waals surface area contributed by atoms with Crippen LogP contribution in [0.1, 0.15) is 25.8 Å². The smallest absolute Gasteiger partial charge is 0.166 e. The van der Waals surface area contributed by atoms with E-state index in [2.05, 4.69) is 28.6 Å². The average Bonchev–Trinajstić information content (AvgIpc) is 2.98. The quantitative estimate of drug-likeness (QED) is 0.812. The minimum Gasteiger partial charge on any atom is -0.348 e. The van der Waals surface area contributed by atoms with Gasteiger partial charge in [0.1, 0.15) is 6.07 Å². The Morgan fingerprint density at radius 1 is 1.42 bits per heavy atom. The van der Waals surface area contributed by atoms with E-state index in [1.165, 1.54) is 12.3 Å². The van der Waals surface area contributed by atoms with Crippen molar-refractivity contribution in [1.82, 2.24) is 9.88 Å². The molecule has 2 atom stereocenters. The summed E-state index contributed by atoms with van der Waals surface area (Å²) in [5.74, 6) is 0.0117. The third kappa shape index (κ3) is 1.96. The lowest BCUT2D eigenvalue weighted by atomic mass is 10.2. The minimum atomic E-state index is -0.386. The summed E-state index contributed by atoms with van der Waals surface area (Å²) in [6.07, 6.45) is 2.53. The summed E-state index contributed by atoms with van der Waals surface area (Å²) in [4.78, 5) is 8.66. The van der Waals surface area contributed by atoms with Crippen LogP contribution in [-0.4, -0.2) is 41.1 Å². The maximum Gasteiger partial charge on any atom is 0.166 e. The molecule has 0 saturated carbocycles. The van der Waals surface area contributed by atoms with E-state index in [-0.39, 0.29) is 11.4 Å². The van der Waals surface area contributed by atoms with E-state index in [0.29, 0.717) is 23.9 Å². The Bertz CT molecular complexity index is 537. The molecule has 100 valence electrons. The molecule has 1 aromatic rings. The molecule has 3 rings (SSSR count). The van der Waals surface area contributed by atoms with Gasteiger partial charge in [0.15, 0.2) is 11.6 Å². The third-order valence-corrected chi connectivity index (χ3v) is 4.17. The van der Waals surface area contributed by atoms with Gasteiger partial charge in [0.25, 0.3) is 0 Å². The van der Waals surface area contributed by atoms with E-state index >= 15 is 0 Å². The van der Waals surface area contributed by atoms with Gasteiger partial charge in [0.2, 0.25) is 0 Å². The van der Waals surface area contributed by atoms with Crippen molar-refractivity contribution in [2.24, 2.45) is 0 Å². The van der Waals surface area contributed by atoms with Crippen molar-refractivity contribution in [1.29, 1.82) is 5.26 Å². The second-order valence-corrected chi connectivity index (χ2v) is 5.63. The number of rotatable bonds is 2. The van der Waals surface area contributed by atoms with Crippen LogP contribution in [0.15, 0.2) is 12.3 Å². The van der Waals surface area contributed by atoms with Crippen LogP contribution >= 0.6 is 0 Å².